The molecule has 0 spiro atoms. The van der Waals surface area contributed by atoms with Crippen LogP contribution in [0.5, 0.6) is 0 Å². The molecule has 2 rings (SSSR count). The number of nitrogens with zero attached hydrogens (tertiary/aromatic N) is 1. The summed E-state index contributed by atoms with van der Waals surface area (Å²) in [5.41, 5.74) is 1.89. The summed E-state index contributed by atoms with van der Waals surface area (Å²) in [5, 5.41) is 0. The lowest BCUT2D eigenvalue weighted by molar-refractivity contribution is -0.137. The van der Waals surface area contributed by atoms with Crippen LogP contribution in [0.3, 0.4) is 0 Å². The second-order valence-corrected chi connectivity index (χ2v) is 3.62. The SMILES string of the molecule is C=C1C(=O)N(Cc2ccccc2)C1C. The number of amides is 1. The first-order chi connectivity index (χ1) is 6.70. The third kappa shape index (κ3) is 1.33. The molecule has 0 saturated carbocycles. The van der Waals surface area contributed by atoms with E-state index in [9.17, 15) is 4.79 Å². The van der Waals surface area contributed by atoms with E-state index in [4.69, 9.17) is 0 Å². The lowest BCUT2D eigenvalue weighted by Gasteiger charge is -2.40. The summed E-state index contributed by atoms with van der Waals surface area (Å²) in [6, 6.07) is 10.2. The zero-order chi connectivity index (χ0) is 10.1. The molecule has 1 unspecified atom stereocenters. The Bertz CT molecular complexity index is 369. The van der Waals surface area contributed by atoms with Gasteiger partial charge in [-0.1, -0.05) is 36.9 Å². The van der Waals surface area contributed by atoms with Gasteiger partial charge in [-0.25, -0.2) is 0 Å². The van der Waals surface area contributed by atoms with E-state index in [1.54, 1.807) is 0 Å². The molecule has 1 amide bonds. The van der Waals surface area contributed by atoms with E-state index in [0.29, 0.717) is 6.54 Å². The van der Waals surface area contributed by atoms with Crippen LogP contribution < -0.4 is 0 Å². The largest absolute Gasteiger partial charge is 0.328 e. The molecule has 1 fully saturated rings. The highest BCUT2D eigenvalue weighted by molar-refractivity contribution is 6.00. The Kier molecular flexibility index (Phi) is 2.12. The fourth-order valence-corrected chi connectivity index (χ4v) is 1.65. The molecule has 0 aromatic heterocycles. The Balaban J connectivity index is 2.07. The maximum absolute atomic E-state index is 11.4. The molecule has 72 valence electrons. The third-order valence-electron chi connectivity index (χ3n) is 2.70. The van der Waals surface area contributed by atoms with Crippen LogP contribution in [0.2, 0.25) is 0 Å². The van der Waals surface area contributed by atoms with Gasteiger partial charge in [-0.2, -0.15) is 0 Å². The highest BCUT2D eigenvalue weighted by atomic mass is 16.2. The molecular formula is C12H13NO. The van der Waals surface area contributed by atoms with Gasteiger partial charge in [0.2, 0.25) is 0 Å². The van der Waals surface area contributed by atoms with E-state index in [1.807, 2.05) is 42.2 Å². The fourth-order valence-electron chi connectivity index (χ4n) is 1.65. The zero-order valence-electron chi connectivity index (χ0n) is 8.23. The maximum Gasteiger partial charge on any atom is 0.252 e. The molecule has 2 nitrogen and oxygen atoms in total. The number of benzene rings is 1. The lowest BCUT2D eigenvalue weighted by Crippen LogP contribution is -2.52. The van der Waals surface area contributed by atoms with Crippen LogP contribution in [0.15, 0.2) is 42.5 Å². The Morgan fingerprint density at radius 2 is 2.00 bits per heavy atom. The van der Waals surface area contributed by atoms with Gasteiger partial charge in [0, 0.05) is 12.1 Å². The molecule has 0 N–H and O–H groups in total. The Hall–Kier alpha value is -1.57. The van der Waals surface area contributed by atoms with Crippen molar-refractivity contribution in [3.8, 4) is 0 Å². The van der Waals surface area contributed by atoms with Crippen LogP contribution in [0.1, 0.15) is 12.5 Å². The van der Waals surface area contributed by atoms with Crippen molar-refractivity contribution in [1.82, 2.24) is 4.90 Å². The Morgan fingerprint density at radius 3 is 2.57 bits per heavy atom. The first-order valence-corrected chi connectivity index (χ1v) is 4.74. The van der Waals surface area contributed by atoms with Gasteiger partial charge < -0.3 is 4.90 Å². The number of carbonyl (C=O) groups excluding carboxylic acids is 1. The first-order valence-electron chi connectivity index (χ1n) is 4.74. The average molecular weight is 187 g/mol. The van der Waals surface area contributed by atoms with E-state index >= 15 is 0 Å². The predicted octanol–water partition coefficient (Wildman–Crippen LogP) is 1.97. The Morgan fingerprint density at radius 1 is 1.36 bits per heavy atom. The molecule has 0 aliphatic carbocycles. The van der Waals surface area contributed by atoms with Gasteiger partial charge >= 0.3 is 0 Å². The van der Waals surface area contributed by atoms with E-state index in [-0.39, 0.29) is 11.9 Å². The normalized spacial score (nSPS) is 20.9. The fraction of sp³-hybridized carbons (Fsp3) is 0.250. The Labute approximate surface area is 83.8 Å². The molecule has 0 radical (unpaired) electrons. The summed E-state index contributed by atoms with van der Waals surface area (Å²) in [6.45, 7) is 6.42. The molecule has 1 aliphatic heterocycles. The quantitative estimate of drug-likeness (QED) is 0.512. The smallest absolute Gasteiger partial charge is 0.252 e. The van der Waals surface area contributed by atoms with E-state index in [1.165, 1.54) is 5.56 Å². The van der Waals surface area contributed by atoms with Crippen LogP contribution in [0.4, 0.5) is 0 Å². The lowest BCUT2D eigenvalue weighted by atomic mass is 9.97. The van der Waals surface area contributed by atoms with Crippen LogP contribution in [0, 0.1) is 0 Å². The van der Waals surface area contributed by atoms with Gasteiger partial charge in [0.15, 0.2) is 0 Å². The highest BCUT2D eigenvalue weighted by Crippen LogP contribution is 2.25. The minimum Gasteiger partial charge on any atom is -0.328 e. The first kappa shape index (κ1) is 9.00. The third-order valence-corrected chi connectivity index (χ3v) is 2.70. The minimum atomic E-state index is 0.0846. The summed E-state index contributed by atoms with van der Waals surface area (Å²) in [4.78, 5) is 13.2. The number of hydrogen-bond donors (Lipinski definition) is 0. The van der Waals surface area contributed by atoms with Crippen molar-refractivity contribution < 1.29 is 4.79 Å². The minimum absolute atomic E-state index is 0.0846. The van der Waals surface area contributed by atoms with Gasteiger partial charge in [0.05, 0.1) is 6.04 Å². The molecule has 1 atom stereocenters. The average Bonchev–Trinajstić information content (AvgIpc) is 2.26. The van der Waals surface area contributed by atoms with Crippen molar-refractivity contribution in [2.24, 2.45) is 0 Å². The van der Waals surface area contributed by atoms with Gasteiger partial charge in [-0.15, -0.1) is 0 Å². The van der Waals surface area contributed by atoms with Crippen molar-refractivity contribution in [3.05, 3.63) is 48.0 Å². The number of rotatable bonds is 2. The van der Waals surface area contributed by atoms with Crippen molar-refractivity contribution in [2.45, 2.75) is 19.5 Å². The molecule has 1 heterocycles. The molecule has 1 aromatic rings. The van der Waals surface area contributed by atoms with Gasteiger partial charge in [0.1, 0.15) is 0 Å². The van der Waals surface area contributed by atoms with Crippen molar-refractivity contribution in [1.29, 1.82) is 0 Å². The number of likely N-dealkylation sites (tertiary alicyclic amines) is 1. The van der Waals surface area contributed by atoms with E-state index in [0.717, 1.165) is 5.57 Å². The van der Waals surface area contributed by atoms with E-state index < -0.39 is 0 Å². The number of β-lactam (4-membered cyclic amide) rings is 1. The maximum atomic E-state index is 11.4. The summed E-state index contributed by atoms with van der Waals surface area (Å²) < 4.78 is 0. The molecule has 0 bridgehead atoms. The van der Waals surface area contributed by atoms with Crippen LogP contribution in [-0.4, -0.2) is 16.8 Å². The van der Waals surface area contributed by atoms with Crippen LogP contribution in [-0.2, 0) is 11.3 Å². The summed E-state index contributed by atoms with van der Waals surface area (Å²) in [5.74, 6) is 0.0846. The topological polar surface area (TPSA) is 20.3 Å². The molecule has 1 aromatic carbocycles. The van der Waals surface area contributed by atoms with Gasteiger partial charge in [0.25, 0.3) is 5.91 Å². The monoisotopic (exact) mass is 187 g/mol. The van der Waals surface area contributed by atoms with Gasteiger partial charge in [-0.05, 0) is 12.5 Å². The van der Waals surface area contributed by atoms with Crippen molar-refractivity contribution in [2.75, 3.05) is 0 Å². The number of hydrogen-bond acceptors (Lipinski definition) is 1. The van der Waals surface area contributed by atoms with E-state index in [2.05, 4.69) is 6.58 Å². The molecular weight excluding hydrogens is 174 g/mol. The van der Waals surface area contributed by atoms with Crippen molar-refractivity contribution in [3.63, 3.8) is 0 Å². The predicted molar refractivity (Wildman–Crippen MR) is 55.6 cm³/mol. The zero-order valence-corrected chi connectivity index (χ0v) is 8.23. The molecule has 1 aliphatic rings. The summed E-state index contributed by atoms with van der Waals surface area (Å²) >= 11 is 0. The summed E-state index contributed by atoms with van der Waals surface area (Å²) in [7, 11) is 0. The van der Waals surface area contributed by atoms with Gasteiger partial charge in [-0.3, -0.25) is 4.79 Å². The summed E-state index contributed by atoms with van der Waals surface area (Å²) in [6.07, 6.45) is 0. The number of carbonyl (C=O) groups is 1. The molecule has 2 heteroatoms. The van der Waals surface area contributed by atoms with Crippen LogP contribution >= 0.6 is 0 Å². The van der Waals surface area contributed by atoms with Crippen molar-refractivity contribution >= 4 is 5.91 Å². The second-order valence-electron chi connectivity index (χ2n) is 3.62. The second kappa shape index (κ2) is 3.29. The standard InChI is InChI=1S/C12H13NO/c1-9-10(2)13(12(9)14)8-11-6-4-3-5-7-11/h3-7,10H,1,8H2,2H3. The van der Waals surface area contributed by atoms with Crippen LogP contribution in [0.25, 0.3) is 0 Å². The highest BCUT2D eigenvalue weighted by Gasteiger charge is 2.36. The molecule has 14 heavy (non-hydrogen) atoms. The molecule has 1 saturated heterocycles.